The van der Waals surface area contributed by atoms with Gasteiger partial charge in [-0.2, -0.15) is 0 Å². The van der Waals surface area contributed by atoms with Crippen LogP contribution in [0.15, 0.2) is 48.5 Å². The van der Waals surface area contributed by atoms with Gasteiger partial charge in [0.1, 0.15) is 6.61 Å². The summed E-state index contributed by atoms with van der Waals surface area (Å²) in [6, 6.07) is 14.3. The minimum Gasteiger partial charge on any atom is -0.493 e. The van der Waals surface area contributed by atoms with Crippen LogP contribution in [0.1, 0.15) is 27.4 Å². The van der Waals surface area contributed by atoms with Gasteiger partial charge >= 0.3 is 0 Å². The lowest BCUT2D eigenvalue weighted by Gasteiger charge is -2.12. The fraction of sp³-hybridized carbons (Fsp3) is 0.167. The Morgan fingerprint density at radius 1 is 1.15 bits per heavy atom. The molecule has 0 aliphatic rings. The van der Waals surface area contributed by atoms with Gasteiger partial charge in [-0.15, -0.1) is 10.2 Å². The SMILES string of the molecule is COc1cc(C(=O)Nc2nnc(C(F)F)s2)ccc1OCc1ccccc1. The van der Waals surface area contributed by atoms with E-state index in [0.717, 1.165) is 5.56 Å². The number of carbonyl (C=O) groups excluding carboxylic acids is 1. The van der Waals surface area contributed by atoms with E-state index in [0.29, 0.717) is 29.4 Å². The lowest BCUT2D eigenvalue weighted by Crippen LogP contribution is -2.12. The topological polar surface area (TPSA) is 73.3 Å². The van der Waals surface area contributed by atoms with Crippen LogP contribution in [0.4, 0.5) is 13.9 Å². The van der Waals surface area contributed by atoms with E-state index in [-0.39, 0.29) is 10.7 Å². The summed E-state index contributed by atoms with van der Waals surface area (Å²) in [4.78, 5) is 12.3. The van der Waals surface area contributed by atoms with Gasteiger partial charge in [0, 0.05) is 5.56 Å². The van der Waals surface area contributed by atoms with Gasteiger partial charge in [-0.1, -0.05) is 41.7 Å². The minimum absolute atomic E-state index is 0.00123. The van der Waals surface area contributed by atoms with E-state index in [2.05, 4.69) is 15.5 Å². The van der Waals surface area contributed by atoms with Crippen molar-refractivity contribution >= 4 is 22.4 Å². The van der Waals surface area contributed by atoms with Crippen LogP contribution in [0, 0.1) is 0 Å². The molecule has 140 valence electrons. The zero-order valence-corrected chi connectivity index (χ0v) is 15.0. The first-order valence-corrected chi connectivity index (χ1v) is 8.66. The second-order valence-corrected chi connectivity index (χ2v) is 6.35. The van der Waals surface area contributed by atoms with Crippen molar-refractivity contribution in [3.63, 3.8) is 0 Å². The van der Waals surface area contributed by atoms with Crippen LogP contribution in [-0.4, -0.2) is 23.2 Å². The Labute approximate surface area is 157 Å². The largest absolute Gasteiger partial charge is 0.493 e. The molecule has 0 aliphatic heterocycles. The maximum absolute atomic E-state index is 12.5. The van der Waals surface area contributed by atoms with Crippen molar-refractivity contribution in [2.45, 2.75) is 13.0 Å². The molecule has 0 saturated heterocycles. The Bertz CT molecular complexity index is 919. The van der Waals surface area contributed by atoms with Crippen LogP contribution in [-0.2, 0) is 6.61 Å². The van der Waals surface area contributed by atoms with E-state index in [9.17, 15) is 13.6 Å². The number of nitrogens with one attached hydrogen (secondary N) is 1. The number of methoxy groups -OCH3 is 1. The van der Waals surface area contributed by atoms with E-state index >= 15 is 0 Å². The van der Waals surface area contributed by atoms with Crippen LogP contribution in [0.5, 0.6) is 11.5 Å². The first-order chi connectivity index (χ1) is 13.1. The molecule has 3 aromatic rings. The third-order valence-corrected chi connectivity index (χ3v) is 4.36. The molecule has 0 unspecified atom stereocenters. The summed E-state index contributed by atoms with van der Waals surface area (Å²) >= 11 is 0.623. The maximum Gasteiger partial charge on any atom is 0.291 e. The summed E-state index contributed by atoms with van der Waals surface area (Å²) in [5, 5.41) is 8.84. The molecule has 1 N–H and O–H groups in total. The number of alkyl halides is 2. The predicted octanol–water partition coefficient (Wildman–Crippen LogP) is 4.32. The summed E-state index contributed by atoms with van der Waals surface area (Å²) < 4.78 is 36.1. The third-order valence-electron chi connectivity index (χ3n) is 3.51. The van der Waals surface area contributed by atoms with Gasteiger partial charge in [-0.05, 0) is 23.8 Å². The number of rotatable bonds is 7. The van der Waals surface area contributed by atoms with E-state index < -0.39 is 17.3 Å². The normalized spacial score (nSPS) is 10.7. The van der Waals surface area contributed by atoms with Gasteiger partial charge in [0.15, 0.2) is 16.5 Å². The standard InChI is InChI=1S/C18H15F2N3O3S/c1-25-14-9-12(16(24)21-18-23-22-17(27-18)15(19)20)7-8-13(14)26-10-11-5-3-2-4-6-11/h2-9,15H,10H2,1H3,(H,21,23,24). The molecule has 0 aliphatic carbocycles. The van der Waals surface area contributed by atoms with Crippen LogP contribution >= 0.6 is 11.3 Å². The smallest absolute Gasteiger partial charge is 0.291 e. The van der Waals surface area contributed by atoms with Gasteiger partial charge in [-0.25, -0.2) is 8.78 Å². The minimum atomic E-state index is -2.73. The van der Waals surface area contributed by atoms with Crippen molar-refractivity contribution in [3.8, 4) is 11.5 Å². The van der Waals surface area contributed by atoms with Crippen molar-refractivity contribution in [2.75, 3.05) is 12.4 Å². The maximum atomic E-state index is 12.5. The van der Waals surface area contributed by atoms with Crippen molar-refractivity contribution in [2.24, 2.45) is 0 Å². The highest BCUT2D eigenvalue weighted by molar-refractivity contribution is 7.15. The van der Waals surface area contributed by atoms with Crippen LogP contribution < -0.4 is 14.8 Å². The first-order valence-electron chi connectivity index (χ1n) is 7.84. The third kappa shape index (κ3) is 4.76. The number of amides is 1. The highest BCUT2D eigenvalue weighted by Gasteiger charge is 2.17. The Morgan fingerprint density at radius 2 is 1.93 bits per heavy atom. The molecule has 0 atom stereocenters. The number of benzene rings is 2. The van der Waals surface area contributed by atoms with E-state index in [1.807, 2.05) is 30.3 Å². The Kier molecular flexibility index (Phi) is 5.92. The van der Waals surface area contributed by atoms with Crippen LogP contribution in [0.25, 0.3) is 0 Å². The highest BCUT2D eigenvalue weighted by Crippen LogP contribution is 2.30. The first kappa shape index (κ1) is 18.7. The summed E-state index contributed by atoms with van der Waals surface area (Å²) in [5.74, 6) is 0.345. The summed E-state index contributed by atoms with van der Waals surface area (Å²) in [6.45, 7) is 0.351. The lowest BCUT2D eigenvalue weighted by molar-refractivity contribution is 0.102. The fourth-order valence-electron chi connectivity index (χ4n) is 2.21. The number of aromatic nitrogens is 2. The molecule has 3 rings (SSSR count). The van der Waals surface area contributed by atoms with E-state index in [1.165, 1.54) is 13.2 Å². The number of hydrogen-bond acceptors (Lipinski definition) is 6. The second kappa shape index (κ2) is 8.54. The van der Waals surface area contributed by atoms with Crippen molar-refractivity contribution in [1.29, 1.82) is 0 Å². The highest BCUT2D eigenvalue weighted by atomic mass is 32.1. The van der Waals surface area contributed by atoms with Crippen LogP contribution in [0.3, 0.4) is 0 Å². The summed E-state index contributed by atoms with van der Waals surface area (Å²) in [5.41, 5.74) is 1.26. The molecule has 0 radical (unpaired) electrons. The molecule has 0 spiro atoms. The van der Waals surface area contributed by atoms with Crippen LogP contribution in [0.2, 0.25) is 0 Å². The number of halogens is 2. The molecule has 1 amide bonds. The molecular formula is C18H15F2N3O3S. The molecule has 9 heteroatoms. The molecule has 1 heterocycles. The van der Waals surface area contributed by atoms with Crippen molar-refractivity contribution in [1.82, 2.24) is 10.2 Å². The van der Waals surface area contributed by atoms with Gasteiger partial charge in [0.2, 0.25) is 5.13 Å². The second-order valence-electron chi connectivity index (χ2n) is 5.34. The zero-order valence-electron chi connectivity index (χ0n) is 14.2. The lowest BCUT2D eigenvalue weighted by atomic mass is 10.2. The molecule has 0 fully saturated rings. The Hall–Kier alpha value is -3.07. The molecule has 0 bridgehead atoms. The summed E-state index contributed by atoms with van der Waals surface area (Å²) in [6.07, 6.45) is -2.73. The zero-order chi connectivity index (χ0) is 19.2. The molecule has 0 saturated carbocycles. The molecule has 6 nitrogen and oxygen atoms in total. The number of nitrogens with zero attached hydrogens (tertiary/aromatic N) is 2. The van der Waals surface area contributed by atoms with Gasteiger partial charge in [-0.3, -0.25) is 10.1 Å². The average molecular weight is 391 g/mol. The van der Waals surface area contributed by atoms with Gasteiger partial charge < -0.3 is 9.47 Å². The molecule has 2 aromatic carbocycles. The van der Waals surface area contributed by atoms with E-state index in [1.54, 1.807) is 12.1 Å². The fourth-order valence-corrected chi connectivity index (χ4v) is 2.80. The van der Waals surface area contributed by atoms with Crippen molar-refractivity contribution in [3.05, 3.63) is 64.7 Å². The quantitative estimate of drug-likeness (QED) is 0.650. The van der Waals surface area contributed by atoms with E-state index in [4.69, 9.17) is 9.47 Å². The number of carbonyl (C=O) groups is 1. The number of ether oxygens (including phenoxy) is 2. The number of anilines is 1. The molecular weight excluding hydrogens is 376 g/mol. The van der Waals surface area contributed by atoms with Crippen molar-refractivity contribution < 1.29 is 23.0 Å². The Balaban J connectivity index is 1.69. The van der Waals surface area contributed by atoms with Gasteiger partial charge in [0.25, 0.3) is 12.3 Å². The van der Waals surface area contributed by atoms with Gasteiger partial charge in [0.05, 0.1) is 7.11 Å². The molecule has 27 heavy (non-hydrogen) atoms. The summed E-state index contributed by atoms with van der Waals surface area (Å²) in [7, 11) is 1.46. The monoisotopic (exact) mass is 391 g/mol. The Morgan fingerprint density at radius 3 is 2.59 bits per heavy atom. The predicted molar refractivity (Wildman–Crippen MR) is 96.6 cm³/mol. The molecule has 1 aromatic heterocycles. The average Bonchev–Trinajstić information content (AvgIpc) is 3.16. The number of hydrogen-bond donors (Lipinski definition) is 1.